The molecule has 1 aliphatic heterocycles. The van der Waals surface area contributed by atoms with Crippen LogP contribution in [-0.2, 0) is 0 Å². The van der Waals surface area contributed by atoms with E-state index in [1.165, 1.54) is 5.56 Å². The highest BCUT2D eigenvalue weighted by atomic mass is 16.5. The molecule has 0 radical (unpaired) electrons. The van der Waals surface area contributed by atoms with Gasteiger partial charge in [-0.1, -0.05) is 42.0 Å². The second kappa shape index (κ2) is 8.00. The summed E-state index contributed by atoms with van der Waals surface area (Å²) in [4.78, 5) is 7.52. The van der Waals surface area contributed by atoms with Crippen LogP contribution in [0.5, 0.6) is 11.5 Å². The molecule has 4 rings (SSSR count). The highest BCUT2D eigenvalue weighted by Gasteiger charge is 2.35. The van der Waals surface area contributed by atoms with Crippen molar-refractivity contribution in [2.24, 2.45) is 4.99 Å². The smallest absolute Gasteiger partial charge is 0.148 e. The quantitative estimate of drug-likeness (QED) is 0.588. The van der Waals surface area contributed by atoms with E-state index in [1.807, 2.05) is 24.3 Å². The van der Waals surface area contributed by atoms with E-state index < -0.39 is 0 Å². The summed E-state index contributed by atoms with van der Waals surface area (Å²) in [6.07, 6.45) is -0.0967. The Hall–Kier alpha value is -3.27. The first-order chi connectivity index (χ1) is 14.1. The Morgan fingerprint density at radius 1 is 0.759 bits per heavy atom. The summed E-state index contributed by atoms with van der Waals surface area (Å²) in [7, 11) is 3.37. The van der Waals surface area contributed by atoms with Crippen molar-refractivity contribution in [1.29, 1.82) is 0 Å². The van der Waals surface area contributed by atoms with Crippen LogP contribution >= 0.6 is 0 Å². The number of methoxy groups -OCH3 is 2. The molecule has 4 nitrogen and oxygen atoms in total. The number of benzene rings is 3. The molecule has 3 aromatic carbocycles. The van der Waals surface area contributed by atoms with Gasteiger partial charge in [0.15, 0.2) is 0 Å². The molecule has 148 valence electrons. The lowest BCUT2D eigenvalue weighted by Gasteiger charge is -2.30. The van der Waals surface area contributed by atoms with Gasteiger partial charge < -0.3 is 14.4 Å². The van der Waals surface area contributed by atoms with Crippen molar-refractivity contribution >= 4 is 11.4 Å². The molecule has 0 saturated heterocycles. The number of anilines is 1. The molecule has 0 spiro atoms. The maximum atomic E-state index is 5.34. The molecule has 0 amide bonds. The van der Waals surface area contributed by atoms with Gasteiger partial charge >= 0.3 is 0 Å². The lowest BCUT2D eigenvalue weighted by molar-refractivity contribution is 0.414. The second-order valence-electron chi connectivity index (χ2n) is 7.31. The number of hydrogen-bond acceptors (Lipinski definition) is 4. The Balaban J connectivity index is 1.77. The first kappa shape index (κ1) is 19.1. The van der Waals surface area contributed by atoms with Crippen molar-refractivity contribution in [1.82, 2.24) is 0 Å². The van der Waals surface area contributed by atoms with Crippen molar-refractivity contribution in [3.63, 3.8) is 0 Å². The van der Waals surface area contributed by atoms with E-state index in [4.69, 9.17) is 14.5 Å². The van der Waals surface area contributed by atoms with Gasteiger partial charge in [0.25, 0.3) is 0 Å². The predicted molar refractivity (Wildman–Crippen MR) is 118 cm³/mol. The molecule has 0 aliphatic carbocycles. The summed E-state index contributed by atoms with van der Waals surface area (Å²) in [5.74, 6) is 1.69. The maximum Gasteiger partial charge on any atom is 0.148 e. The largest absolute Gasteiger partial charge is 0.497 e. The number of rotatable bonds is 5. The van der Waals surface area contributed by atoms with Gasteiger partial charge in [-0.2, -0.15) is 0 Å². The second-order valence-corrected chi connectivity index (χ2v) is 7.31. The minimum absolute atomic E-state index is 0.0967. The number of aliphatic imine (C=N–C) groups is 1. The highest BCUT2D eigenvalue weighted by Crippen LogP contribution is 2.38. The van der Waals surface area contributed by atoms with Crippen molar-refractivity contribution in [3.05, 3.63) is 89.5 Å². The Labute approximate surface area is 172 Å². The summed E-state index contributed by atoms with van der Waals surface area (Å²) < 4.78 is 10.7. The zero-order valence-electron chi connectivity index (χ0n) is 17.3. The molecular weight excluding hydrogens is 360 g/mol. The molecule has 0 aromatic heterocycles. The van der Waals surface area contributed by atoms with E-state index in [1.54, 1.807) is 14.2 Å². The van der Waals surface area contributed by atoms with E-state index in [-0.39, 0.29) is 12.2 Å². The zero-order chi connectivity index (χ0) is 20.4. The monoisotopic (exact) mass is 386 g/mol. The summed E-state index contributed by atoms with van der Waals surface area (Å²) in [5.41, 5.74) is 5.76. The van der Waals surface area contributed by atoms with E-state index in [0.29, 0.717) is 0 Å². The molecule has 1 heterocycles. The molecule has 4 heteroatoms. The normalized spacial score (nSPS) is 18.5. The van der Waals surface area contributed by atoms with Gasteiger partial charge in [-0.25, -0.2) is 0 Å². The van der Waals surface area contributed by atoms with Crippen LogP contribution in [0.15, 0.2) is 77.8 Å². The van der Waals surface area contributed by atoms with Crippen molar-refractivity contribution < 1.29 is 9.47 Å². The molecule has 0 N–H and O–H groups in total. The minimum atomic E-state index is -0.0967. The third kappa shape index (κ3) is 3.70. The molecule has 2 atom stereocenters. The van der Waals surface area contributed by atoms with E-state index >= 15 is 0 Å². The van der Waals surface area contributed by atoms with Crippen LogP contribution in [0.1, 0.15) is 29.8 Å². The number of hydrogen-bond donors (Lipinski definition) is 0. The Bertz CT molecular complexity index is 993. The van der Waals surface area contributed by atoms with Gasteiger partial charge in [0.2, 0.25) is 0 Å². The van der Waals surface area contributed by atoms with Crippen LogP contribution in [-0.4, -0.2) is 26.0 Å². The highest BCUT2D eigenvalue weighted by molar-refractivity contribution is 6.07. The van der Waals surface area contributed by atoms with Gasteiger partial charge in [-0.3, -0.25) is 4.99 Å². The van der Waals surface area contributed by atoms with E-state index in [0.717, 1.165) is 34.0 Å². The third-order valence-corrected chi connectivity index (χ3v) is 5.47. The number of aryl methyl sites for hydroxylation is 1. The first-order valence-corrected chi connectivity index (χ1v) is 9.82. The SMILES string of the molecule is COc1ccc(C2N=C(c3ccc(C)cc3)C(C)N2c2ccc(OC)cc2)cc1. The molecule has 1 aliphatic rings. The van der Waals surface area contributed by atoms with Crippen molar-refractivity contribution in [2.45, 2.75) is 26.1 Å². The van der Waals surface area contributed by atoms with Gasteiger partial charge in [0.05, 0.1) is 26.0 Å². The molecule has 3 aromatic rings. The molecule has 2 unspecified atom stereocenters. The Morgan fingerprint density at radius 3 is 1.86 bits per heavy atom. The summed E-state index contributed by atoms with van der Waals surface area (Å²) >= 11 is 0. The fraction of sp³-hybridized carbons (Fsp3) is 0.240. The van der Waals surface area contributed by atoms with Crippen molar-refractivity contribution in [2.75, 3.05) is 19.1 Å². The lowest BCUT2D eigenvalue weighted by Crippen LogP contribution is -2.35. The maximum absolute atomic E-state index is 5.34. The van der Waals surface area contributed by atoms with Crippen LogP contribution in [0.25, 0.3) is 0 Å². The number of ether oxygens (including phenoxy) is 2. The van der Waals surface area contributed by atoms with Gasteiger partial charge in [-0.05, 0) is 61.4 Å². The summed E-state index contributed by atoms with van der Waals surface area (Å²) in [6.45, 7) is 4.32. The lowest BCUT2D eigenvalue weighted by atomic mass is 10.0. The van der Waals surface area contributed by atoms with Gasteiger partial charge in [-0.15, -0.1) is 0 Å². The summed E-state index contributed by atoms with van der Waals surface area (Å²) in [5, 5.41) is 0. The predicted octanol–water partition coefficient (Wildman–Crippen LogP) is 5.41. The molecule has 29 heavy (non-hydrogen) atoms. The van der Waals surface area contributed by atoms with Crippen LogP contribution in [0.2, 0.25) is 0 Å². The standard InChI is InChI=1S/C25H26N2O2/c1-17-5-7-19(8-6-17)24-18(2)27(21-11-15-23(29-4)16-12-21)25(26-24)20-9-13-22(28-3)14-10-20/h5-16,18,25H,1-4H3. The molecular formula is C25H26N2O2. The van der Waals surface area contributed by atoms with Crippen molar-refractivity contribution in [3.8, 4) is 11.5 Å². The zero-order valence-corrected chi connectivity index (χ0v) is 17.3. The Kier molecular flexibility index (Phi) is 5.26. The van der Waals surface area contributed by atoms with Crippen LogP contribution in [0.3, 0.4) is 0 Å². The Morgan fingerprint density at radius 2 is 1.31 bits per heavy atom. The van der Waals surface area contributed by atoms with Gasteiger partial charge in [0, 0.05) is 5.69 Å². The summed E-state index contributed by atoms with van der Waals surface area (Å²) in [6, 6.07) is 25.1. The third-order valence-electron chi connectivity index (χ3n) is 5.47. The van der Waals surface area contributed by atoms with Crippen LogP contribution in [0.4, 0.5) is 5.69 Å². The fourth-order valence-electron chi connectivity index (χ4n) is 3.82. The fourth-order valence-corrected chi connectivity index (χ4v) is 3.82. The van der Waals surface area contributed by atoms with E-state index in [2.05, 4.69) is 67.3 Å². The van der Waals surface area contributed by atoms with Crippen LogP contribution in [0, 0.1) is 6.92 Å². The minimum Gasteiger partial charge on any atom is -0.497 e. The van der Waals surface area contributed by atoms with Gasteiger partial charge in [0.1, 0.15) is 17.7 Å². The molecule has 0 bridgehead atoms. The average Bonchev–Trinajstić information content (AvgIpc) is 3.11. The topological polar surface area (TPSA) is 34.1 Å². The van der Waals surface area contributed by atoms with E-state index in [9.17, 15) is 0 Å². The average molecular weight is 386 g/mol. The molecule has 0 saturated carbocycles. The first-order valence-electron chi connectivity index (χ1n) is 9.82. The number of nitrogens with zero attached hydrogens (tertiary/aromatic N) is 2. The molecule has 0 fully saturated rings. The van der Waals surface area contributed by atoms with Crippen LogP contribution < -0.4 is 14.4 Å².